The van der Waals surface area contributed by atoms with Gasteiger partial charge in [0.2, 0.25) is 0 Å². The van der Waals surface area contributed by atoms with Crippen LogP contribution in [0.1, 0.15) is 21.6 Å². The molecule has 0 saturated carbocycles. The number of nitrogens with zero attached hydrogens (tertiary/aromatic N) is 2. The zero-order valence-electron chi connectivity index (χ0n) is 16.3. The maximum atomic E-state index is 13.3. The number of likely N-dealkylation sites (N-methyl/N-ethyl adjacent to an activating group) is 1. The van der Waals surface area contributed by atoms with Crippen molar-refractivity contribution >= 4 is 11.9 Å². The molecule has 0 bridgehead atoms. The van der Waals surface area contributed by atoms with Crippen molar-refractivity contribution in [2.24, 2.45) is 0 Å². The highest BCUT2D eigenvalue weighted by atomic mass is 19.1. The second-order valence-corrected chi connectivity index (χ2v) is 6.65. The molecule has 6 heteroatoms. The first kappa shape index (κ1) is 20.2. The van der Waals surface area contributed by atoms with Crippen molar-refractivity contribution in [3.63, 3.8) is 0 Å². The number of rotatable bonds is 6. The Bertz CT molecular complexity index is 1020. The fraction of sp³-hybridized carbons (Fsp3) is 0.174. The zero-order chi connectivity index (χ0) is 20.8. The van der Waals surface area contributed by atoms with Crippen molar-refractivity contribution in [2.45, 2.75) is 13.5 Å². The molecular formula is C23H21FN2O3. The van der Waals surface area contributed by atoms with E-state index in [1.165, 1.54) is 17.0 Å². The first-order valence-electron chi connectivity index (χ1n) is 9.12. The van der Waals surface area contributed by atoms with Gasteiger partial charge in [-0.25, -0.2) is 9.18 Å². The third-order valence-corrected chi connectivity index (χ3v) is 4.44. The van der Waals surface area contributed by atoms with E-state index in [1.54, 1.807) is 38.2 Å². The van der Waals surface area contributed by atoms with E-state index in [2.05, 4.69) is 4.98 Å². The van der Waals surface area contributed by atoms with Gasteiger partial charge in [0.1, 0.15) is 5.82 Å². The zero-order valence-corrected chi connectivity index (χ0v) is 16.3. The molecule has 0 aliphatic rings. The first-order valence-corrected chi connectivity index (χ1v) is 9.12. The lowest BCUT2D eigenvalue weighted by Gasteiger charge is -2.17. The molecule has 0 unspecified atom stereocenters. The number of esters is 1. The molecule has 0 spiro atoms. The van der Waals surface area contributed by atoms with Crippen LogP contribution in [0.5, 0.6) is 0 Å². The summed E-state index contributed by atoms with van der Waals surface area (Å²) < 4.78 is 18.4. The minimum absolute atomic E-state index is 0.223. The van der Waals surface area contributed by atoms with Crippen LogP contribution in [0.3, 0.4) is 0 Å². The van der Waals surface area contributed by atoms with E-state index in [0.29, 0.717) is 16.8 Å². The second-order valence-electron chi connectivity index (χ2n) is 6.65. The lowest BCUT2D eigenvalue weighted by molar-refractivity contribution is -0.133. The fourth-order valence-corrected chi connectivity index (χ4v) is 2.86. The summed E-state index contributed by atoms with van der Waals surface area (Å²) >= 11 is 0. The molecule has 148 valence electrons. The van der Waals surface area contributed by atoms with Crippen LogP contribution >= 0.6 is 0 Å². The molecule has 3 rings (SSSR count). The SMILES string of the molecule is Cc1nc(-c2ccccc2)ccc1C(=O)OCC(=O)N(C)Cc1cccc(F)c1. The van der Waals surface area contributed by atoms with Crippen LogP contribution in [0.4, 0.5) is 4.39 Å². The summed E-state index contributed by atoms with van der Waals surface area (Å²) in [6.45, 7) is 1.55. The van der Waals surface area contributed by atoms with Crippen molar-refractivity contribution in [3.8, 4) is 11.3 Å². The topological polar surface area (TPSA) is 59.5 Å². The minimum Gasteiger partial charge on any atom is -0.452 e. The fourth-order valence-electron chi connectivity index (χ4n) is 2.86. The summed E-state index contributed by atoms with van der Waals surface area (Å²) in [5.74, 6) is -1.35. The number of ether oxygens (including phenoxy) is 1. The van der Waals surface area contributed by atoms with Crippen LogP contribution in [0.15, 0.2) is 66.7 Å². The van der Waals surface area contributed by atoms with Crippen LogP contribution < -0.4 is 0 Å². The van der Waals surface area contributed by atoms with E-state index < -0.39 is 12.6 Å². The average molecular weight is 392 g/mol. The molecule has 0 N–H and O–H groups in total. The van der Waals surface area contributed by atoms with Gasteiger partial charge in [0.15, 0.2) is 6.61 Å². The predicted octanol–water partition coefficient (Wildman–Crippen LogP) is 4.01. The summed E-state index contributed by atoms with van der Waals surface area (Å²) in [6.07, 6.45) is 0. The Kier molecular flexibility index (Phi) is 6.34. The summed E-state index contributed by atoms with van der Waals surface area (Å²) in [5, 5.41) is 0. The van der Waals surface area contributed by atoms with Crippen molar-refractivity contribution in [3.05, 3.63) is 89.4 Å². The highest BCUT2D eigenvalue weighted by Crippen LogP contribution is 2.19. The lowest BCUT2D eigenvalue weighted by atomic mass is 10.1. The van der Waals surface area contributed by atoms with Gasteiger partial charge in [-0.2, -0.15) is 0 Å². The summed E-state index contributed by atoms with van der Waals surface area (Å²) in [5.41, 5.74) is 3.20. The Balaban J connectivity index is 1.59. The third kappa shape index (κ3) is 5.25. The van der Waals surface area contributed by atoms with Crippen LogP contribution in [-0.4, -0.2) is 35.4 Å². The Labute approximate surface area is 168 Å². The van der Waals surface area contributed by atoms with Crippen molar-refractivity contribution in [1.82, 2.24) is 9.88 Å². The maximum Gasteiger partial charge on any atom is 0.340 e. The summed E-state index contributed by atoms with van der Waals surface area (Å²) in [6, 6.07) is 19.0. The van der Waals surface area contributed by atoms with Crippen LogP contribution in [0.2, 0.25) is 0 Å². The van der Waals surface area contributed by atoms with E-state index in [4.69, 9.17) is 4.74 Å². The number of amides is 1. The van der Waals surface area contributed by atoms with Gasteiger partial charge in [-0.05, 0) is 36.8 Å². The molecule has 1 heterocycles. The molecule has 0 fully saturated rings. The van der Waals surface area contributed by atoms with Gasteiger partial charge in [0.25, 0.3) is 5.91 Å². The molecule has 3 aromatic rings. The predicted molar refractivity (Wildman–Crippen MR) is 108 cm³/mol. The van der Waals surface area contributed by atoms with Gasteiger partial charge in [-0.15, -0.1) is 0 Å². The Morgan fingerprint density at radius 3 is 2.48 bits per heavy atom. The van der Waals surface area contributed by atoms with E-state index in [-0.39, 0.29) is 18.3 Å². The quantitative estimate of drug-likeness (QED) is 0.595. The van der Waals surface area contributed by atoms with Gasteiger partial charge < -0.3 is 9.64 Å². The van der Waals surface area contributed by atoms with E-state index in [9.17, 15) is 14.0 Å². The standard InChI is InChI=1S/C23H21FN2O3/c1-16-20(11-12-21(25-16)18-8-4-3-5-9-18)23(28)29-15-22(27)26(2)14-17-7-6-10-19(24)13-17/h3-13H,14-15H2,1-2H3. The number of pyridine rings is 1. The summed E-state index contributed by atoms with van der Waals surface area (Å²) in [7, 11) is 1.57. The number of halogens is 1. The smallest absolute Gasteiger partial charge is 0.340 e. The second kappa shape index (κ2) is 9.10. The molecule has 29 heavy (non-hydrogen) atoms. The molecule has 1 aromatic heterocycles. The molecule has 1 amide bonds. The monoisotopic (exact) mass is 392 g/mol. The van der Waals surface area contributed by atoms with Crippen molar-refractivity contribution in [1.29, 1.82) is 0 Å². The van der Waals surface area contributed by atoms with Crippen molar-refractivity contribution in [2.75, 3.05) is 13.7 Å². The molecule has 5 nitrogen and oxygen atoms in total. The molecule has 2 aromatic carbocycles. The molecule has 0 atom stereocenters. The number of aryl methyl sites for hydroxylation is 1. The molecule has 0 aliphatic heterocycles. The molecule has 0 saturated heterocycles. The van der Waals surface area contributed by atoms with Crippen LogP contribution in [0, 0.1) is 12.7 Å². The van der Waals surface area contributed by atoms with Gasteiger partial charge in [-0.3, -0.25) is 9.78 Å². The first-order chi connectivity index (χ1) is 13.9. The number of benzene rings is 2. The number of hydrogen-bond donors (Lipinski definition) is 0. The van der Waals surface area contributed by atoms with Crippen molar-refractivity contribution < 1.29 is 18.7 Å². The molecule has 0 radical (unpaired) electrons. The Hall–Kier alpha value is -3.54. The van der Waals surface area contributed by atoms with Gasteiger partial charge in [-0.1, -0.05) is 42.5 Å². The highest BCUT2D eigenvalue weighted by molar-refractivity contribution is 5.92. The molecule has 0 aliphatic carbocycles. The van der Waals surface area contributed by atoms with E-state index in [1.807, 2.05) is 30.3 Å². The highest BCUT2D eigenvalue weighted by Gasteiger charge is 2.16. The van der Waals surface area contributed by atoms with Gasteiger partial charge in [0, 0.05) is 19.2 Å². The van der Waals surface area contributed by atoms with Gasteiger partial charge in [0.05, 0.1) is 17.0 Å². The number of carbonyl (C=O) groups excluding carboxylic acids is 2. The Morgan fingerprint density at radius 2 is 1.79 bits per heavy atom. The number of hydrogen-bond acceptors (Lipinski definition) is 4. The third-order valence-electron chi connectivity index (χ3n) is 4.44. The van der Waals surface area contributed by atoms with E-state index in [0.717, 1.165) is 11.3 Å². The van der Waals surface area contributed by atoms with Crippen LogP contribution in [0.25, 0.3) is 11.3 Å². The number of carbonyl (C=O) groups is 2. The largest absolute Gasteiger partial charge is 0.452 e. The lowest BCUT2D eigenvalue weighted by Crippen LogP contribution is -2.31. The average Bonchev–Trinajstić information content (AvgIpc) is 2.72. The van der Waals surface area contributed by atoms with Gasteiger partial charge >= 0.3 is 5.97 Å². The minimum atomic E-state index is -0.609. The normalized spacial score (nSPS) is 10.4. The molecular weight excluding hydrogens is 371 g/mol. The van der Waals surface area contributed by atoms with E-state index >= 15 is 0 Å². The summed E-state index contributed by atoms with van der Waals surface area (Å²) in [4.78, 5) is 30.4. The van der Waals surface area contributed by atoms with Crippen LogP contribution in [-0.2, 0) is 16.1 Å². The Morgan fingerprint density at radius 1 is 1.03 bits per heavy atom. The maximum absolute atomic E-state index is 13.3. The number of aromatic nitrogens is 1.